The van der Waals surface area contributed by atoms with Gasteiger partial charge in [0, 0.05) is 39.1 Å². The normalized spacial score (nSPS) is 17.6. The van der Waals surface area contributed by atoms with Crippen LogP contribution in [0, 0.1) is 5.41 Å². The van der Waals surface area contributed by atoms with Crippen molar-refractivity contribution in [1.82, 2.24) is 19.6 Å². The molecule has 0 atom stereocenters. The Morgan fingerprint density at radius 3 is 2.45 bits per heavy atom. The standard InChI is InChI=1S/C26H31N5O2/c1-28(2)22-16-27-31(18-22)25(32)30-19-26(20-30)11-13-29(14-12-26)17-21-7-6-10-24(15-21)33-23-8-4-3-5-9-23/h3-10,15-16,18H,11-14,17,19-20H2,1-2H3. The van der Waals surface area contributed by atoms with E-state index in [1.54, 1.807) is 12.4 Å². The molecule has 3 aromatic rings. The maximum Gasteiger partial charge on any atom is 0.344 e. The molecular weight excluding hydrogens is 414 g/mol. The molecule has 7 heteroatoms. The van der Waals surface area contributed by atoms with Crippen molar-refractivity contribution in [2.75, 3.05) is 45.2 Å². The average molecular weight is 446 g/mol. The Morgan fingerprint density at radius 2 is 1.76 bits per heavy atom. The summed E-state index contributed by atoms with van der Waals surface area (Å²) < 4.78 is 7.45. The molecule has 1 aromatic heterocycles. The number of anilines is 1. The average Bonchev–Trinajstić information content (AvgIpc) is 3.30. The highest BCUT2D eigenvalue weighted by molar-refractivity contribution is 5.77. The van der Waals surface area contributed by atoms with Gasteiger partial charge in [0.25, 0.3) is 0 Å². The van der Waals surface area contributed by atoms with E-state index in [4.69, 9.17) is 4.74 Å². The predicted molar refractivity (Wildman–Crippen MR) is 129 cm³/mol. The number of ether oxygens (including phenoxy) is 1. The van der Waals surface area contributed by atoms with Gasteiger partial charge in [-0.1, -0.05) is 30.3 Å². The van der Waals surface area contributed by atoms with E-state index >= 15 is 0 Å². The second-order valence-electron chi connectivity index (χ2n) is 9.51. The highest BCUT2D eigenvalue weighted by Gasteiger charge is 2.47. The first-order valence-corrected chi connectivity index (χ1v) is 11.6. The molecule has 0 bridgehead atoms. The molecule has 0 saturated carbocycles. The lowest BCUT2D eigenvalue weighted by Crippen LogP contribution is -2.62. The maximum absolute atomic E-state index is 12.7. The largest absolute Gasteiger partial charge is 0.457 e. The molecule has 0 unspecified atom stereocenters. The molecule has 7 nitrogen and oxygen atoms in total. The summed E-state index contributed by atoms with van der Waals surface area (Å²) in [5, 5.41) is 4.23. The van der Waals surface area contributed by atoms with Gasteiger partial charge in [0.15, 0.2) is 0 Å². The first kappa shape index (κ1) is 21.5. The lowest BCUT2D eigenvalue weighted by atomic mass is 9.72. The van der Waals surface area contributed by atoms with E-state index in [0.29, 0.717) is 0 Å². The van der Waals surface area contributed by atoms with Gasteiger partial charge in [0.2, 0.25) is 0 Å². The van der Waals surface area contributed by atoms with Gasteiger partial charge >= 0.3 is 6.03 Å². The van der Waals surface area contributed by atoms with Crippen molar-refractivity contribution in [2.45, 2.75) is 19.4 Å². The van der Waals surface area contributed by atoms with Crippen molar-refractivity contribution in [3.63, 3.8) is 0 Å². The SMILES string of the molecule is CN(C)c1cnn(C(=O)N2CC3(CCN(Cc4cccc(Oc5ccccc5)c4)CC3)C2)c1. The second kappa shape index (κ2) is 8.90. The van der Waals surface area contributed by atoms with Gasteiger partial charge in [-0.2, -0.15) is 9.78 Å². The third kappa shape index (κ3) is 4.73. The summed E-state index contributed by atoms with van der Waals surface area (Å²) in [7, 11) is 3.90. The van der Waals surface area contributed by atoms with Crippen LogP contribution in [-0.4, -0.2) is 65.9 Å². The summed E-state index contributed by atoms with van der Waals surface area (Å²) in [6, 6.07) is 18.2. The number of rotatable bonds is 5. The summed E-state index contributed by atoms with van der Waals surface area (Å²) in [5.41, 5.74) is 2.47. The van der Waals surface area contributed by atoms with Gasteiger partial charge in [0.05, 0.1) is 18.1 Å². The molecule has 0 aliphatic carbocycles. The first-order valence-electron chi connectivity index (χ1n) is 11.6. The topological polar surface area (TPSA) is 53.8 Å². The van der Waals surface area contributed by atoms with E-state index in [-0.39, 0.29) is 11.4 Å². The number of piperidine rings is 1. The molecular formula is C26H31N5O2. The molecule has 2 saturated heterocycles. The monoisotopic (exact) mass is 445 g/mol. The molecule has 2 fully saturated rings. The van der Waals surface area contributed by atoms with Gasteiger partial charge in [0.1, 0.15) is 11.5 Å². The minimum atomic E-state index is -0.0219. The Hall–Kier alpha value is -3.32. The van der Waals surface area contributed by atoms with Crippen LogP contribution in [0.25, 0.3) is 0 Å². The van der Waals surface area contributed by atoms with Crippen LogP contribution in [0.3, 0.4) is 0 Å². The summed E-state index contributed by atoms with van der Waals surface area (Å²) >= 11 is 0. The minimum absolute atomic E-state index is 0.0219. The number of hydrogen-bond acceptors (Lipinski definition) is 5. The van der Waals surface area contributed by atoms with Crippen molar-refractivity contribution >= 4 is 11.7 Å². The van der Waals surface area contributed by atoms with Gasteiger partial charge in [-0.25, -0.2) is 4.79 Å². The van der Waals surface area contributed by atoms with E-state index in [1.165, 1.54) is 10.2 Å². The first-order chi connectivity index (χ1) is 16.0. The van der Waals surface area contributed by atoms with Crippen LogP contribution >= 0.6 is 0 Å². The molecule has 3 heterocycles. The van der Waals surface area contributed by atoms with Crippen LogP contribution in [0.15, 0.2) is 67.0 Å². The fraction of sp³-hybridized carbons (Fsp3) is 0.385. The van der Waals surface area contributed by atoms with E-state index in [1.807, 2.05) is 60.3 Å². The number of amides is 1. The smallest absolute Gasteiger partial charge is 0.344 e. The lowest BCUT2D eigenvalue weighted by molar-refractivity contribution is -0.0235. The number of likely N-dealkylation sites (tertiary alicyclic amines) is 2. The molecule has 0 N–H and O–H groups in total. The Labute approximate surface area is 195 Å². The number of para-hydroxylation sites is 1. The number of nitrogens with zero attached hydrogens (tertiary/aromatic N) is 5. The Morgan fingerprint density at radius 1 is 1.03 bits per heavy atom. The van der Waals surface area contributed by atoms with Crippen LogP contribution in [0.4, 0.5) is 10.5 Å². The predicted octanol–water partition coefficient (Wildman–Crippen LogP) is 4.31. The van der Waals surface area contributed by atoms with E-state index in [2.05, 4.69) is 28.2 Å². The number of benzene rings is 2. The number of carbonyl (C=O) groups excluding carboxylic acids is 1. The van der Waals surface area contributed by atoms with Gasteiger partial charge in [-0.3, -0.25) is 4.90 Å². The third-order valence-electron chi connectivity index (χ3n) is 6.80. The molecule has 0 radical (unpaired) electrons. The second-order valence-corrected chi connectivity index (χ2v) is 9.51. The van der Waals surface area contributed by atoms with Crippen molar-refractivity contribution in [3.05, 3.63) is 72.6 Å². The van der Waals surface area contributed by atoms with Crippen LogP contribution in [0.2, 0.25) is 0 Å². The summed E-state index contributed by atoms with van der Waals surface area (Å²) in [6.07, 6.45) is 5.77. The minimum Gasteiger partial charge on any atom is -0.457 e. The van der Waals surface area contributed by atoms with Gasteiger partial charge < -0.3 is 14.5 Å². The van der Waals surface area contributed by atoms with Crippen molar-refractivity contribution in [3.8, 4) is 11.5 Å². The molecule has 172 valence electrons. The highest BCUT2D eigenvalue weighted by atomic mass is 16.5. The fourth-order valence-corrected chi connectivity index (χ4v) is 4.78. The highest BCUT2D eigenvalue weighted by Crippen LogP contribution is 2.41. The van der Waals surface area contributed by atoms with Gasteiger partial charge in [-0.15, -0.1) is 0 Å². The zero-order valence-corrected chi connectivity index (χ0v) is 19.4. The number of aromatic nitrogens is 2. The molecule has 1 spiro atoms. The van der Waals surface area contributed by atoms with Crippen LogP contribution in [0.1, 0.15) is 18.4 Å². The summed E-state index contributed by atoms with van der Waals surface area (Å²) in [5.74, 6) is 1.73. The third-order valence-corrected chi connectivity index (χ3v) is 6.80. The van der Waals surface area contributed by atoms with E-state index in [0.717, 1.165) is 62.8 Å². The number of hydrogen-bond donors (Lipinski definition) is 0. The Kier molecular flexibility index (Phi) is 5.81. The zero-order valence-electron chi connectivity index (χ0n) is 19.4. The van der Waals surface area contributed by atoms with Gasteiger partial charge in [-0.05, 0) is 55.8 Å². The maximum atomic E-state index is 12.7. The number of carbonyl (C=O) groups is 1. The van der Waals surface area contributed by atoms with Crippen LogP contribution in [-0.2, 0) is 6.54 Å². The van der Waals surface area contributed by atoms with E-state index in [9.17, 15) is 4.79 Å². The van der Waals surface area contributed by atoms with Crippen molar-refractivity contribution in [1.29, 1.82) is 0 Å². The molecule has 2 aliphatic rings. The van der Waals surface area contributed by atoms with Crippen LogP contribution in [0.5, 0.6) is 11.5 Å². The summed E-state index contributed by atoms with van der Waals surface area (Å²) in [6.45, 7) is 4.69. The Bertz CT molecular complexity index is 1090. The molecule has 33 heavy (non-hydrogen) atoms. The Balaban J connectivity index is 1.12. The molecule has 5 rings (SSSR count). The quantitative estimate of drug-likeness (QED) is 0.586. The molecule has 2 aromatic carbocycles. The summed E-state index contributed by atoms with van der Waals surface area (Å²) in [4.78, 5) is 19.1. The zero-order chi connectivity index (χ0) is 22.8. The molecule has 1 amide bonds. The van der Waals surface area contributed by atoms with Crippen molar-refractivity contribution < 1.29 is 9.53 Å². The fourth-order valence-electron chi connectivity index (χ4n) is 4.78. The van der Waals surface area contributed by atoms with E-state index < -0.39 is 0 Å². The van der Waals surface area contributed by atoms with Crippen LogP contribution < -0.4 is 9.64 Å². The molecule has 2 aliphatic heterocycles. The lowest BCUT2D eigenvalue weighted by Gasteiger charge is -2.53. The van der Waals surface area contributed by atoms with Crippen molar-refractivity contribution in [2.24, 2.45) is 5.41 Å².